The highest BCUT2D eigenvalue weighted by Gasteiger charge is 2.07. The van der Waals surface area contributed by atoms with Crippen LogP contribution in [-0.2, 0) is 6.54 Å². The van der Waals surface area contributed by atoms with Gasteiger partial charge in [-0.1, -0.05) is 11.2 Å². The van der Waals surface area contributed by atoms with Gasteiger partial charge < -0.3 is 4.52 Å². The molecule has 6 heteroatoms. The van der Waals surface area contributed by atoms with Gasteiger partial charge in [-0.15, -0.1) is 5.10 Å². The van der Waals surface area contributed by atoms with E-state index in [0.29, 0.717) is 17.9 Å². The van der Waals surface area contributed by atoms with Crippen LogP contribution in [-0.4, -0.2) is 19.3 Å². The number of aromatic nitrogens is 4. The van der Waals surface area contributed by atoms with Gasteiger partial charge in [0.15, 0.2) is 5.65 Å². The molecule has 6 nitrogen and oxygen atoms in total. The summed E-state index contributed by atoms with van der Waals surface area (Å²) in [5.74, 6) is 0. The van der Waals surface area contributed by atoms with Gasteiger partial charge >= 0.3 is 5.69 Å². The van der Waals surface area contributed by atoms with E-state index >= 15 is 0 Å². The molecule has 0 N–H and O–H groups in total. The van der Waals surface area contributed by atoms with Gasteiger partial charge in [0.1, 0.15) is 12.0 Å². The van der Waals surface area contributed by atoms with Gasteiger partial charge in [-0.25, -0.2) is 9.48 Å². The van der Waals surface area contributed by atoms with Crippen LogP contribution in [0.2, 0.25) is 0 Å². The van der Waals surface area contributed by atoms with Crippen LogP contribution in [0.3, 0.4) is 0 Å². The topological polar surface area (TPSA) is 65.3 Å². The summed E-state index contributed by atoms with van der Waals surface area (Å²) in [6.07, 6.45) is 3.15. The summed E-state index contributed by atoms with van der Waals surface area (Å²) in [5, 5.41) is 7.91. The van der Waals surface area contributed by atoms with Crippen molar-refractivity contribution in [1.29, 1.82) is 0 Å². The van der Waals surface area contributed by atoms with E-state index in [9.17, 15) is 4.79 Å². The Balaban J connectivity index is 2.11. The van der Waals surface area contributed by atoms with Crippen LogP contribution in [0.4, 0.5) is 0 Å². The summed E-state index contributed by atoms with van der Waals surface area (Å²) in [6.45, 7) is 0.316. The second kappa shape index (κ2) is 3.34. The van der Waals surface area contributed by atoms with Crippen molar-refractivity contribution in [2.24, 2.45) is 0 Å². The largest absolute Gasteiger partial charge is 0.364 e. The van der Waals surface area contributed by atoms with Gasteiger partial charge in [0, 0.05) is 12.3 Å². The standard InChI is InChI=1S/C10H8N4O2/c15-10-13-5-2-1-3-9(13)11-14(10)7-8-4-6-16-12-8/h1-6H,7H2. The smallest absolute Gasteiger partial charge is 0.350 e. The maximum absolute atomic E-state index is 11.9. The van der Waals surface area contributed by atoms with Crippen molar-refractivity contribution in [3.05, 3.63) is 52.9 Å². The molecule has 0 fully saturated rings. The number of hydrogen-bond donors (Lipinski definition) is 0. The molecule has 80 valence electrons. The van der Waals surface area contributed by atoms with Gasteiger partial charge in [0.2, 0.25) is 0 Å². The van der Waals surface area contributed by atoms with Gasteiger partial charge in [0.25, 0.3) is 0 Å². The SMILES string of the molecule is O=c1n(Cc2ccon2)nc2ccccn12. The molecule has 16 heavy (non-hydrogen) atoms. The molecule has 0 spiro atoms. The summed E-state index contributed by atoms with van der Waals surface area (Å²) >= 11 is 0. The molecule has 0 amide bonds. The van der Waals surface area contributed by atoms with Gasteiger partial charge in [-0.3, -0.25) is 4.40 Å². The van der Waals surface area contributed by atoms with Crippen molar-refractivity contribution >= 4 is 5.65 Å². The van der Waals surface area contributed by atoms with E-state index in [0.717, 1.165) is 0 Å². The van der Waals surface area contributed by atoms with E-state index < -0.39 is 0 Å². The van der Waals surface area contributed by atoms with Crippen molar-refractivity contribution in [2.75, 3.05) is 0 Å². The average molecular weight is 216 g/mol. The maximum atomic E-state index is 11.9. The minimum Gasteiger partial charge on any atom is -0.364 e. The number of pyridine rings is 1. The molecule has 0 atom stereocenters. The van der Waals surface area contributed by atoms with Crippen molar-refractivity contribution in [3.63, 3.8) is 0 Å². The third-order valence-corrected chi connectivity index (χ3v) is 2.29. The summed E-state index contributed by atoms with van der Waals surface area (Å²) in [5.41, 5.74) is 1.11. The Kier molecular flexibility index (Phi) is 1.86. The average Bonchev–Trinajstić information content (AvgIpc) is 2.90. The summed E-state index contributed by atoms with van der Waals surface area (Å²) < 4.78 is 7.54. The van der Waals surface area contributed by atoms with Crippen LogP contribution in [0, 0.1) is 0 Å². The highest BCUT2D eigenvalue weighted by Crippen LogP contribution is 1.99. The van der Waals surface area contributed by atoms with E-state index in [-0.39, 0.29) is 5.69 Å². The van der Waals surface area contributed by atoms with Crippen molar-refractivity contribution < 1.29 is 4.52 Å². The quantitative estimate of drug-likeness (QED) is 0.626. The Morgan fingerprint density at radius 3 is 3.00 bits per heavy atom. The van der Waals surface area contributed by atoms with Gasteiger partial charge in [-0.05, 0) is 12.1 Å². The fourth-order valence-corrected chi connectivity index (χ4v) is 1.54. The second-order valence-electron chi connectivity index (χ2n) is 3.36. The molecular weight excluding hydrogens is 208 g/mol. The van der Waals surface area contributed by atoms with Crippen molar-refractivity contribution in [2.45, 2.75) is 6.54 Å². The minimum atomic E-state index is -0.182. The zero-order chi connectivity index (χ0) is 11.0. The summed E-state index contributed by atoms with van der Waals surface area (Å²) in [4.78, 5) is 11.9. The highest BCUT2D eigenvalue weighted by atomic mass is 16.5. The van der Waals surface area contributed by atoms with E-state index in [1.165, 1.54) is 15.3 Å². The molecule has 3 rings (SSSR count). The highest BCUT2D eigenvalue weighted by molar-refractivity contribution is 5.35. The zero-order valence-electron chi connectivity index (χ0n) is 8.28. The molecule has 0 aliphatic carbocycles. The third kappa shape index (κ3) is 1.31. The lowest BCUT2D eigenvalue weighted by Gasteiger charge is -1.91. The first kappa shape index (κ1) is 8.90. The molecule has 3 heterocycles. The summed E-state index contributed by atoms with van der Waals surface area (Å²) in [6, 6.07) is 7.11. The number of hydrogen-bond acceptors (Lipinski definition) is 4. The number of rotatable bonds is 2. The lowest BCUT2D eigenvalue weighted by molar-refractivity contribution is 0.407. The Morgan fingerprint density at radius 2 is 2.25 bits per heavy atom. The molecule has 0 saturated heterocycles. The molecular formula is C10H8N4O2. The fourth-order valence-electron chi connectivity index (χ4n) is 1.54. The molecule has 0 radical (unpaired) electrons. The molecule has 0 unspecified atom stereocenters. The third-order valence-electron chi connectivity index (χ3n) is 2.29. The minimum absolute atomic E-state index is 0.182. The second-order valence-corrected chi connectivity index (χ2v) is 3.36. The zero-order valence-corrected chi connectivity index (χ0v) is 8.28. The van der Waals surface area contributed by atoms with E-state index in [1.54, 1.807) is 24.4 Å². The molecule has 0 aliphatic heterocycles. The maximum Gasteiger partial charge on any atom is 0.350 e. The first-order chi connectivity index (χ1) is 7.84. The molecule has 3 aromatic rings. The van der Waals surface area contributed by atoms with Crippen LogP contribution in [0.5, 0.6) is 0 Å². The molecule has 3 aromatic heterocycles. The normalized spacial score (nSPS) is 11.0. The summed E-state index contributed by atoms with van der Waals surface area (Å²) in [7, 11) is 0. The Hall–Kier alpha value is -2.37. The van der Waals surface area contributed by atoms with E-state index in [2.05, 4.69) is 10.3 Å². The first-order valence-corrected chi connectivity index (χ1v) is 4.78. The van der Waals surface area contributed by atoms with Crippen molar-refractivity contribution in [1.82, 2.24) is 19.3 Å². The number of nitrogens with zero attached hydrogens (tertiary/aromatic N) is 4. The van der Waals surface area contributed by atoms with E-state index in [1.807, 2.05) is 6.07 Å². The first-order valence-electron chi connectivity index (χ1n) is 4.78. The van der Waals surface area contributed by atoms with Crippen LogP contribution in [0.25, 0.3) is 5.65 Å². The predicted molar refractivity (Wildman–Crippen MR) is 55.1 cm³/mol. The van der Waals surface area contributed by atoms with Crippen LogP contribution >= 0.6 is 0 Å². The Bertz CT molecular complexity index is 666. The van der Waals surface area contributed by atoms with Crippen LogP contribution < -0.4 is 5.69 Å². The molecule has 0 aliphatic rings. The van der Waals surface area contributed by atoms with Gasteiger partial charge in [-0.2, -0.15) is 0 Å². The van der Waals surface area contributed by atoms with E-state index in [4.69, 9.17) is 4.52 Å². The lowest BCUT2D eigenvalue weighted by Crippen LogP contribution is -2.21. The Morgan fingerprint density at radius 1 is 1.31 bits per heavy atom. The lowest BCUT2D eigenvalue weighted by atomic mass is 10.4. The molecule has 0 bridgehead atoms. The molecule has 0 saturated carbocycles. The van der Waals surface area contributed by atoms with Crippen LogP contribution in [0.15, 0.2) is 46.0 Å². The Labute approximate surface area is 89.7 Å². The fraction of sp³-hybridized carbons (Fsp3) is 0.100. The monoisotopic (exact) mass is 216 g/mol. The van der Waals surface area contributed by atoms with Gasteiger partial charge in [0.05, 0.1) is 6.54 Å². The van der Waals surface area contributed by atoms with Crippen molar-refractivity contribution in [3.8, 4) is 0 Å². The number of fused-ring (bicyclic) bond motifs is 1. The predicted octanol–water partition coefficient (Wildman–Crippen LogP) is 0.532. The van der Waals surface area contributed by atoms with Crippen LogP contribution in [0.1, 0.15) is 5.69 Å². The molecule has 0 aromatic carbocycles.